The minimum atomic E-state index is -0.195. The summed E-state index contributed by atoms with van der Waals surface area (Å²) < 4.78 is 0. The molecule has 0 unspecified atom stereocenters. The van der Waals surface area contributed by atoms with Crippen LogP contribution in [0.5, 0.6) is 0 Å². The zero-order valence-corrected chi connectivity index (χ0v) is 14.7. The van der Waals surface area contributed by atoms with E-state index in [1.807, 2.05) is 12.1 Å². The molecule has 0 radical (unpaired) electrons. The van der Waals surface area contributed by atoms with E-state index in [1.54, 1.807) is 17.4 Å². The third-order valence-electron chi connectivity index (χ3n) is 4.30. The first-order valence-electron chi connectivity index (χ1n) is 8.22. The molecule has 0 spiro atoms. The van der Waals surface area contributed by atoms with E-state index in [9.17, 15) is 10.1 Å². The summed E-state index contributed by atoms with van der Waals surface area (Å²) in [5.41, 5.74) is 4.05. The Balaban J connectivity index is 1.69. The Morgan fingerprint density at radius 3 is 2.71 bits per heavy atom. The zero-order valence-electron chi connectivity index (χ0n) is 13.9. The number of rotatable bonds is 4. The first-order chi connectivity index (χ1) is 11.6. The van der Waals surface area contributed by atoms with Gasteiger partial charge in [0, 0.05) is 11.0 Å². The zero-order chi connectivity index (χ0) is 17.1. The molecular weight excluding hydrogens is 316 g/mol. The van der Waals surface area contributed by atoms with Crippen LogP contribution in [0.15, 0.2) is 30.3 Å². The van der Waals surface area contributed by atoms with E-state index in [1.165, 1.54) is 16.5 Å². The fraction of sp³-hybridized carbons (Fsp3) is 0.300. The molecule has 1 amide bonds. The molecule has 0 saturated heterocycles. The average Bonchev–Trinajstić information content (AvgIpc) is 3.13. The van der Waals surface area contributed by atoms with Crippen LogP contribution in [0.1, 0.15) is 53.3 Å². The lowest BCUT2D eigenvalue weighted by Gasteiger charge is -2.04. The first-order valence-corrected chi connectivity index (χ1v) is 9.04. The van der Waals surface area contributed by atoms with Gasteiger partial charge in [-0.25, -0.2) is 0 Å². The normalized spacial score (nSPS) is 13.2. The third-order valence-corrected chi connectivity index (χ3v) is 5.51. The fourth-order valence-electron chi connectivity index (χ4n) is 2.93. The molecule has 1 heterocycles. The van der Waals surface area contributed by atoms with Gasteiger partial charge in [-0.05, 0) is 47.9 Å². The molecule has 1 aromatic carbocycles. The van der Waals surface area contributed by atoms with Crippen LogP contribution in [0.3, 0.4) is 0 Å². The molecule has 3 rings (SSSR count). The van der Waals surface area contributed by atoms with E-state index in [0.29, 0.717) is 16.5 Å². The minimum Gasteiger partial charge on any atom is -0.313 e. The number of thiophene rings is 1. The van der Waals surface area contributed by atoms with Gasteiger partial charge in [0.2, 0.25) is 5.91 Å². The molecule has 24 heavy (non-hydrogen) atoms. The number of amides is 1. The molecule has 0 fully saturated rings. The number of benzene rings is 1. The predicted octanol–water partition coefficient (Wildman–Crippen LogP) is 4.88. The summed E-state index contributed by atoms with van der Waals surface area (Å²) in [5, 5.41) is 12.9. The van der Waals surface area contributed by atoms with Gasteiger partial charge >= 0.3 is 0 Å². The number of anilines is 1. The van der Waals surface area contributed by atoms with Crippen LogP contribution in [0.4, 0.5) is 5.00 Å². The lowest BCUT2D eigenvalue weighted by molar-refractivity contribution is -0.111. The van der Waals surface area contributed by atoms with Gasteiger partial charge in [0.25, 0.3) is 0 Å². The van der Waals surface area contributed by atoms with Crippen molar-refractivity contribution >= 4 is 28.3 Å². The lowest BCUT2D eigenvalue weighted by atomic mass is 10.0. The van der Waals surface area contributed by atoms with E-state index >= 15 is 0 Å². The average molecular weight is 336 g/mol. The van der Waals surface area contributed by atoms with Gasteiger partial charge in [-0.15, -0.1) is 11.3 Å². The second kappa shape index (κ2) is 7.02. The van der Waals surface area contributed by atoms with Gasteiger partial charge in [0.1, 0.15) is 11.1 Å². The van der Waals surface area contributed by atoms with E-state index in [4.69, 9.17) is 0 Å². The molecule has 1 aromatic heterocycles. The molecule has 4 heteroatoms. The maximum Gasteiger partial charge on any atom is 0.249 e. The highest BCUT2D eigenvalue weighted by molar-refractivity contribution is 7.16. The van der Waals surface area contributed by atoms with Gasteiger partial charge in [0.05, 0.1) is 5.56 Å². The highest BCUT2D eigenvalue weighted by atomic mass is 32.1. The van der Waals surface area contributed by atoms with Crippen LogP contribution in [0.25, 0.3) is 6.08 Å². The topological polar surface area (TPSA) is 52.9 Å². The molecule has 1 N–H and O–H groups in total. The number of aryl methyl sites for hydroxylation is 1. The SMILES string of the molecule is CC(C)c1ccc(C=CC(=O)Nc2sc3c(c2C#N)CCC3)cc1. The van der Waals surface area contributed by atoms with Crippen molar-refractivity contribution in [1.29, 1.82) is 5.26 Å². The van der Waals surface area contributed by atoms with Crippen LogP contribution >= 0.6 is 11.3 Å². The number of nitriles is 1. The maximum atomic E-state index is 12.2. The van der Waals surface area contributed by atoms with Crippen molar-refractivity contribution < 1.29 is 4.79 Å². The van der Waals surface area contributed by atoms with Crippen molar-refractivity contribution in [3.05, 3.63) is 57.5 Å². The summed E-state index contributed by atoms with van der Waals surface area (Å²) in [4.78, 5) is 13.4. The smallest absolute Gasteiger partial charge is 0.249 e. The Kier molecular flexibility index (Phi) is 4.82. The monoisotopic (exact) mass is 336 g/mol. The van der Waals surface area contributed by atoms with Gasteiger partial charge in [0.15, 0.2) is 0 Å². The van der Waals surface area contributed by atoms with Gasteiger partial charge in [-0.1, -0.05) is 38.1 Å². The fourth-order valence-corrected chi connectivity index (χ4v) is 4.17. The Morgan fingerprint density at radius 1 is 1.29 bits per heavy atom. The number of nitrogens with zero attached hydrogens (tertiary/aromatic N) is 1. The molecule has 0 bridgehead atoms. The number of fused-ring (bicyclic) bond motifs is 1. The van der Waals surface area contributed by atoms with E-state index in [-0.39, 0.29) is 5.91 Å². The molecule has 0 saturated carbocycles. The quantitative estimate of drug-likeness (QED) is 0.809. The van der Waals surface area contributed by atoms with Crippen LogP contribution in [0, 0.1) is 11.3 Å². The summed E-state index contributed by atoms with van der Waals surface area (Å²) in [6.45, 7) is 4.31. The molecule has 3 nitrogen and oxygen atoms in total. The number of nitrogens with one attached hydrogen (secondary N) is 1. The summed E-state index contributed by atoms with van der Waals surface area (Å²) in [6.07, 6.45) is 6.39. The maximum absolute atomic E-state index is 12.2. The second-order valence-electron chi connectivity index (χ2n) is 6.32. The highest BCUT2D eigenvalue weighted by Gasteiger charge is 2.22. The summed E-state index contributed by atoms with van der Waals surface area (Å²) in [6, 6.07) is 10.4. The lowest BCUT2D eigenvalue weighted by Crippen LogP contribution is -2.07. The van der Waals surface area contributed by atoms with Gasteiger partial charge in [-0.3, -0.25) is 4.79 Å². The largest absolute Gasteiger partial charge is 0.313 e. The Hall–Kier alpha value is -2.38. The summed E-state index contributed by atoms with van der Waals surface area (Å²) in [7, 11) is 0. The van der Waals surface area contributed by atoms with Crippen molar-refractivity contribution in [2.45, 2.75) is 39.0 Å². The molecule has 0 atom stereocenters. The molecular formula is C20H20N2OS. The predicted molar refractivity (Wildman–Crippen MR) is 99.3 cm³/mol. The number of hydrogen-bond acceptors (Lipinski definition) is 3. The van der Waals surface area contributed by atoms with E-state index < -0.39 is 0 Å². The molecule has 1 aliphatic rings. The van der Waals surface area contributed by atoms with Crippen molar-refractivity contribution in [2.24, 2.45) is 0 Å². The Bertz CT molecular complexity index is 823. The number of hydrogen-bond donors (Lipinski definition) is 1. The molecule has 1 aliphatic carbocycles. The number of carbonyl (C=O) groups excluding carboxylic acids is 1. The highest BCUT2D eigenvalue weighted by Crippen LogP contribution is 2.38. The van der Waals surface area contributed by atoms with Crippen LogP contribution < -0.4 is 5.32 Å². The van der Waals surface area contributed by atoms with Crippen molar-refractivity contribution in [3.63, 3.8) is 0 Å². The molecule has 2 aromatic rings. The Morgan fingerprint density at radius 2 is 2.04 bits per heavy atom. The van der Waals surface area contributed by atoms with Crippen LogP contribution in [0.2, 0.25) is 0 Å². The van der Waals surface area contributed by atoms with Crippen LogP contribution in [-0.4, -0.2) is 5.91 Å². The first kappa shape index (κ1) is 16.5. The van der Waals surface area contributed by atoms with E-state index in [0.717, 1.165) is 30.4 Å². The van der Waals surface area contributed by atoms with Crippen molar-refractivity contribution in [3.8, 4) is 6.07 Å². The Labute approximate surface area is 146 Å². The summed E-state index contributed by atoms with van der Waals surface area (Å²) >= 11 is 1.54. The second-order valence-corrected chi connectivity index (χ2v) is 7.42. The number of carbonyl (C=O) groups is 1. The van der Waals surface area contributed by atoms with Crippen molar-refractivity contribution in [2.75, 3.05) is 5.32 Å². The van der Waals surface area contributed by atoms with Crippen LogP contribution in [-0.2, 0) is 17.6 Å². The standard InChI is InChI=1S/C20H20N2OS/c1-13(2)15-9-6-14(7-10-15)8-11-19(23)22-20-17(12-21)16-4-3-5-18(16)24-20/h6-11,13H,3-5H2,1-2H3,(H,22,23). The molecule has 0 aliphatic heterocycles. The third kappa shape index (κ3) is 3.42. The van der Waals surface area contributed by atoms with E-state index in [2.05, 4.69) is 37.4 Å². The van der Waals surface area contributed by atoms with Crippen molar-refractivity contribution in [1.82, 2.24) is 0 Å². The van der Waals surface area contributed by atoms with Gasteiger partial charge < -0.3 is 5.32 Å². The molecule has 122 valence electrons. The minimum absolute atomic E-state index is 0.195. The van der Waals surface area contributed by atoms with Gasteiger partial charge in [-0.2, -0.15) is 5.26 Å². The summed E-state index contributed by atoms with van der Waals surface area (Å²) in [5.74, 6) is 0.302.